The first kappa shape index (κ1) is 16.3. The third kappa shape index (κ3) is 3.21. The number of carbonyl (C=O) groups is 1. The van der Waals surface area contributed by atoms with Crippen molar-refractivity contribution >= 4 is 21.6 Å². The predicted octanol–water partition coefficient (Wildman–Crippen LogP) is 2.04. The summed E-state index contributed by atoms with van der Waals surface area (Å²) in [4.78, 5) is 13.6. The number of fused-ring (bicyclic) bond motifs is 1. The van der Waals surface area contributed by atoms with Crippen molar-refractivity contribution in [3.8, 4) is 5.75 Å². The van der Waals surface area contributed by atoms with E-state index in [2.05, 4.69) is 4.72 Å². The minimum atomic E-state index is -3.59. The van der Waals surface area contributed by atoms with E-state index in [1.807, 2.05) is 0 Å². The van der Waals surface area contributed by atoms with Crippen molar-refractivity contribution in [2.45, 2.75) is 56.1 Å². The van der Waals surface area contributed by atoms with Crippen molar-refractivity contribution < 1.29 is 17.9 Å². The highest BCUT2D eigenvalue weighted by atomic mass is 32.2. The summed E-state index contributed by atoms with van der Waals surface area (Å²) < 4.78 is 33.5. The molecule has 1 amide bonds. The number of rotatable bonds is 3. The molecule has 1 aromatic rings. The molecule has 2 aliphatic rings. The molecule has 1 heterocycles. The zero-order valence-corrected chi connectivity index (χ0v) is 14.2. The van der Waals surface area contributed by atoms with Crippen LogP contribution >= 0.6 is 0 Å². The number of ether oxygens (including phenoxy) is 1. The van der Waals surface area contributed by atoms with Crippen LogP contribution < -0.4 is 14.4 Å². The van der Waals surface area contributed by atoms with E-state index < -0.39 is 16.1 Å². The lowest BCUT2D eigenvalue weighted by Crippen LogP contribution is -2.42. The smallest absolute Gasteiger partial charge is 0.267 e. The van der Waals surface area contributed by atoms with E-state index in [9.17, 15) is 13.2 Å². The lowest BCUT2D eigenvalue weighted by molar-refractivity contribution is -0.125. The van der Waals surface area contributed by atoms with E-state index in [4.69, 9.17) is 4.74 Å². The van der Waals surface area contributed by atoms with Gasteiger partial charge in [0.2, 0.25) is 10.0 Å². The Morgan fingerprint density at radius 3 is 2.61 bits per heavy atom. The van der Waals surface area contributed by atoms with Gasteiger partial charge in [-0.15, -0.1) is 0 Å². The number of benzene rings is 1. The van der Waals surface area contributed by atoms with Gasteiger partial charge in [-0.1, -0.05) is 19.3 Å². The number of carbonyl (C=O) groups excluding carboxylic acids is 1. The first-order valence-corrected chi connectivity index (χ1v) is 9.47. The van der Waals surface area contributed by atoms with E-state index in [0.717, 1.165) is 25.7 Å². The van der Waals surface area contributed by atoms with Crippen LogP contribution in [0.15, 0.2) is 23.1 Å². The molecule has 1 aliphatic heterocycles. The maximum Gasteiger partial charge on any atom is 0.267 e. The topological polar surface area (TPSA) is 75.7 Å². The van der Waals surface area contributed by atoms with Gasteiger partial charge in [0.15, 0.2) is 6.10 Å². The van der Waals surface area contributed by atoms with E-state index >= 15 is 0 Å². The lowest BCUT2D eigenvalue weighted by atomic mass is 9.96. The number of anilines is 1. The molecule has 126 valence electrons. The van der Waals surface area contributed by atoms with E-state index in [0.29, 0.717) is 11.4 Å². The molecule has 6 nitrogen and oxygen atoms in total. The third-order valence-electron chi connectivity index (χ3n) is 4.51. The Morgan fingerprint density at radius 1 is 1.22 bits per heavy atom. The maximum atomic E-state index is 12.6. The minimum Gasteiger partial charge on any atom is -0.479 e. The summed E-state index contributed by atoms with van der Waals surface area (Å²) in [7, 11) is -1.96. The molecule has 0 aromatic heterocycles. The van der Waals surface area contributed by atoms with Gasteiger partial charge >= 0.3 is 0 Å². The highest BCUT2D eigenvalue weighted by Crippen LogP contribution is 2.35. The number of likely N-dealkylation sites (N-methyl/N-ethyl adjacent to an activating group) is 1. The summed E-state index contributed by atoms with van der Waals surface area (Å²) in [5, 5.41) is 0. The van der Waals surface area contributed by atoms with Crippen LogP contribution in [-0.2, 0) is 14.8 Å². The Morgan fingerprint density at radius 2 is 1.91 bits per heavy atom. The van der Waals surface area contributed by atoms with Crippen molar-refractivity contribution in [3.05, 3.63) is 18.2 Å². The third-order valence-corrected chi connectivity index (χ3v) is 6.03. The summed E-state index contributed by atoms with van der Waals surface area (Å²) in [6.45, 7) is 1.68. The van der Waals surface area contributed by atoms with Gasteiger partial charge < -0.3 is 9.64 Å². The van der Waals surface area contributed by atoms with Crippen molar-refractivity contribution in [1.29, 1.82) is 0 Å². The molecule has 1 N–H and O–H groups in total. The van der Waals surface area contributed by atoms with Gasteiger partial charge in [0.1, 0.15) is 5.75 Å². The first-order chi connectivity index (χ1) is 10.9. The molecule has 7 heteroatoms. The Balaban J connectivity index is 1.87. The SMILES string of the molecule is CC1Oc2ccc(S(=O)(=O)NC3CCCCC3)cc2N(C)C1=O. The van der Waals surface area contributed by atoms with Crippen molar-refractivity contribution in [3.63, 3.8) is 0 Å². The van der Waals surface area contributed by atoms with Crippen molar-refractivity contribution in [2.75, 3.05) is 11.9 Å². The Hall–Kier alpha value is -1.60. The van der Waals surface area contributed by atoms with Crippen LogP contribution in [0.3, 0.4) is 0 Å². The molecular formula is C16H22N2O4S. The van der Waals surface area contributed by atoms with Crippen LogP contribution in [0.2, 0.25) is 0 Å². The van der Waals surface area contributed by atoms with Crippen LogP contribution in [0.1, 0.15) is 39.0 Å². The van der Waals surface area contributed by atoms with Gasteiger partial charge in [-0.3, -0.25) is 4.79 Å². The Bertz CT molecular complexity index is 711. The minimum absolute atomic E-state index is 0.000385. The standard InChI is InChI=1S/C16H22N2O4S/c1-11-16(19)18(2)14-10-13(8-9-15(14)22-11)23(20,21)17-12-6-4-3-5-7-12/h8-12,17H,3-7H2,1-2H3. The summed E-state index contributed by atoms with van der Waals surface area (Å²) in [6, 6.07) is 4.65. The number of nitrogens with zero attached hydrogens (tertiary/aromatic N) is 1. The second kappa shape index (κ2) is 6.13. The monoisotopic (exact) mass is 338 g/mol. The number of amides is 1. The zero-order valence-electron chi connectivity index (χ0n) is 13.4. The van der Waals surface area contributed by atoms with Gasteiger partial charge in [-0.05, 0) is 38.0 Å². The molecule has 0 spiro atoms. The molecule has 3 rings (SSSR count). The molecule has 1 aliphatic carbocycles. The Labute approximate surface area is 136 Å². The second-order valence-electron chi connectivity index (χ2n) is 6.24. The van der Waals surface area contributed by atoms with Crippen molar-refractivity contribution in [2.24, 2.45) is 0 Å². The molecular weight excluding hydrogens is 316 g/mol. The fourth-order valence-corrected chi connectivity index (χ4v) is 4.49. The quantitative estimate of drug-likeness (QED) is 0.915. The van der Waals surface area contributed by atoms with Gasteiger partial charge in [-0.25, -0.2) is 13.1 Å². The zero-order chi connectivity index (χ0) is 16.6. The van der Waals surface area contributed by atoms with Gasteiger partial charge in [0.05, 0.1) is 10.6 Å². The second-order valence-corrected chi connectivity index (χ2v) is 7.96. The average molecular weight is 338 g/mol. The van der Waals surface area contributed by atoms with Crippen LogP contribution in [-0.4, -0.2) is 33.5 Å². The molecule has 0 saturated heterocycles. The van der Waals surface area contributed by atoms with Crippen LogP contribution in [0.5, 0.6) is 5.75 Å². The van der Waals surface area contributed by atoms with Crippen molar-refractivity contribution in [1.82, 2.24) is 4.72 Å². The highest BCUT2D eigenvalue weighted by molar-refractivity contribution is 7.89. The molecule has 0 bridgehead atoms. The van der Waals surface area contributed by atoms with Crippen LogP contribution in [0, 0.1) is 0 Å². The number of hydrogen-bond acceptors (Lipinski definition) is 4. The molecule has 23 heavy (non-hydrogen) atoms. The van der Waals surface area contributed by atoms with Crippen LogP contribution in [0.25, 0.3) is 0 Å². The number of sulfonamides is 1. The molecule has 0 radical (unpaired) electrons. The largest absolute Gasteiger partial charge is 0.479 e. The van der Waals surface area contributed by atoms with Gasteiger partial charge in [-0.2, -0.15) is 0 Å². The predicted molar refractivity (Wildman–Crippen MR) is 87.1 cm³/mol. The van der Waals surface area contributed by atoms with Crippen LogP contribution in [0.4, 0.5) is 5.69 Å². The molecule has 1 aromatic carbocycles. The fraction of sp³-hybridized carbons (Fsp3) is 0.562. The Kier molecular flexibility index (Phi) is 4.33. The fourth-order valence-electron chi connectivity index (χ4n) is 3.17. The number of hydrogen-bond donors (Lipinski definition) is 1. The first-order valence-electron chi connectivity index (χ1n) is 7.99. The summed E-state index contributed by atoms with van der Waals surface area (Å²) in [5.74, 6) is 0.337. The maximum absolute atomic E-state index is 12.6. The highest BCUT2D eigenvalue weighted by Gasteiger charge is 2.30. The molecule has 1 fully saturated rings. The van der Waals surface area contributed by atoms with Gasteiger partial charge in [0, 0.05) is 13.1 Å². The summed E-state index contributed by atoms with van der Waals surface area (Å²) in [5.41, 5.74) is 0.486. The van der Waals surface area contributed by atoms with E-state index in [1.165, 1.54) is 23.5 Å². The summed E-state index contributed by atoms with van der Waals surface area (Å²) in [6.07, 6.45) is 4.47. The van der Waals surface area contributed by atoms with Gasteiger partial charge in [0.25, 0.3) is 5.91 Å². The lowest BCUT2D eigenvalue weighted by Gasteiger charge is -2.30. The van der Waals surface area contributed by atoms with E-state index in [1.54, 1.807) is 20.0 Å². The summed E-state index contributed by atoms with van der Waals surface area (Å²) >= 11 is 0. The molecule has 1 atom stereocenters. The normalized spacial score (nSPS) is 22.6. The molecule has 1 saturated carbocycles. The molecule has 1 unspecified atom stereocenters. The number of nitrogens with one attached hydrogen (secondary N) is 1. The average Bonchev–Trinajstić information content (AvgIpc) is 2.53. The van der Waals surface area contributed by atoms with E-state index in [-0.39, 0.29) is 16.8 Å².